The molecule has 0 aromatic carbocycles. The lowest BCUT2D eigenvalue weighted by Crippen LogP contribution is -2.58. The van der Waals surface area contributed by atoms with E-state index in [1.807, 2.05) is 0 Å². The van der Waals surface area contributed by atoms with Gasteiger partial charge in [0.1, 0.15) is 0 Å². The van der Waals surface area contributed by atoms with Crippen LogP contribution >= 0.6 is 0 Å². The van der Waals surface area contributed by atoms with Crippen LogP contribution in [0.15, 0.2) is 0 Å². The molecule has 2 N–H and O–H groups in total. The Morgan fingerprint density at radius 3 is 2.80 bits per heavy atom. The molecule has 2 unspecified atom stereocenters. The van der Waals surface area contributed by atoms with Crippen molar-refractivity contribution in [1.29, 1.82) is 0 Å². The SMILES string of the molecule is CC1(C(=O)O)CCCN(C(=O)N2CCOCC2CO)C1. The highest BCUT2D eigenvalue weighted by atomic mass is 16.5. The van der Waals surface area contributed by atoms with Crippen LogP contribution in [0.5, 0.6) is 0 Å². The third kappa shape index (κ3) is 2.88. The molecule has 20 heavy (non-hydrogen) atoms. The molecule has 0 bridgehead atoms. The van der Waals surface area contributed by atoms with Crippen molar-refractivity contribution in [3.05, 3.63) is 0 Å². The molecule has 0 aliphatic carbocycles. The molecule has 2 aliphatic heterocycles. The Morgan fingerprint density at radius 2 is 2.15 bits per heavy atom. The maximum Gasteiger partial charge on any atom is 0.320 e. The van der Waals surface area contributed by atoms with Crippen LogP contribution in [-0.4, -0.2) is 77.5 Å². The number of ether oxygens (including phenoxy) is 1. The molecule has 2 heterocycles. The molecule has 2 rings (SSSR count). The predicted molar refractivity (Wildman–Crippen MR) is 70.3 cm³/mol. The van der Waals surface area contributed by atoms with Gasteiger partial charge in [-0.25, -0.2) is 4.79 Å². The van der Waals surface area contributed by atoms with E-state index in [0.29, 0.717) is 39.1 Å². The number of urea groups is 1. The maximum absolute atomic E-state index is 12.5. The van der Waals surface area contributed by atoms with E-state index in [9.17, 15) is 19.8 Å². The Kier molecular flexibility index (Phi) is 4.49. The molecular weight excluding hydrogens is 264 g/mol. The van der Waals surface area contributed by atoms with Gasteiger partial charge in [0.25, 0.3) is 0 Å². The fourth-order valence-electron chi connectivity index (χ4n) is 2.82. The molecule has 7 heteroatoms. The number of aliphatic hydroxyl groups excluding tert-OH is 1. The highest BCUT2D eigenvalue weighted by molar-refractivity contribution is 5.78. The summed E-state index contributed by atoms with van der Waals surface area (Å²) in [5.74, 6) is -0.865. The minimum atomic E-state index is -0.880. The number of aliphatic carboxylic acids is 1. The van der Waals surface area contributed by atoms with Crippen molar-refractivity contribution in [3.63, 3.8) is 0 Å². The van der Waals surface area contributed by atoms with Crippen LogP contribution in [0.3, 0.4) is 0 Å². The normalized spacial score (nSPS) is 31.2. The summed E-state index contributed by atoms with van der Waals surface area (Å²) in [5, 5.41) is 18.6. The number of carboxylic acids is 1. The zero-order chi connectivity index (χ0) is 14.8. The Morgan fingerprint density at radius 1 is 1.40 bits per heavy atom. The van der Waals surface area contributed by atoms with Crippen LogP contribution < -0.4 is 0 Å². The topological polar surface area (TPSA) is 90.3 Å². The fraction of sp³-hybridized carbons (Fsp3) is 0.846. The summed E-state index contributed by atoms with van der Waals surface area (Å²) in [5.41, 5.74) is -0.880. The Labute approximate surface area is 118 Å². The molecule has 0 radical (unpaired) electrons. The van der Waals surface area contributed by atoms with Crippen molar-refractivity contribution in [2.75, 3.05) is 39.5 Å². The predicted octanol–water partition coefficient (Wildman–Crippen LogP) is -0.0138. The number of hydrogen-bond acceptors (Lipinski definition) is 4. The highest BCUT2D eigenvalue weighted by Crippen LogP contribution is 2.30. The minimum absolute atomic E-state index is 0.143. The summed E-state index contributed by atoms with van der Waals surface area (Å²) >= 11 is 0. The molecular formula is C13H22N2O5. The summed E-state index contributed by atoms with van der Waals surface area (Å²) in [6, 6.07) is -0.534. The molecule has 0 saturated carbocycles. The first kappa shape index (κ1) is 15.1. The number of nitrogens with zero attached hydrogens (tertiary/aromatic N) is 2. The lowest BCUT2D eigenvalue weighted by atomic mass is 9.82. The van der Waals surface area contributed by atoms with Crippen LogP contribution in [0.1, 0.15) is 19.8 Å². The number of amides is 2. The number of piperidine rings is 1. The van der Waals surface area contributed by atoms with E-state index in [4.69, 9.17) is 4.74 Å². The van der Waals surface area contributed by atoms with Gasteiger partial charge in [-0.1, -0.05) is 0 Å². The van der Waals surface area contributed by atoms with Gasteiger partial charge in [0.15, 0.2) is 0 Å². The lowest BCUT2D eigenvalue weighted by molar-refractivity contribution is -0.150. The van der Waals surface area contributed by atoms with Gasteiger partial charge in [-0.15, -0.1) is 0 Å². The average molecular weight is 286 g/mol. The van der Waals surface area contributed by atoms with E-state index >= 15 is 0 Å². The van der Waals surface area contributed by atoms with Gasteiger partial charge < -0.3 is 24.7 Å². The van der Waals surface area contributed by atoms with Gasteiger partial charge in [-0.05, 0) is 19.8 Å². The zero-order valence-electron chi connectivity index (χ0n) is 11.7. The molecule has 2 aliphatic rings. The second kappa shape index (κ2) is 5.97. The van der Waals surface area contributed by atoms with Gasteiger partial charge in [-0.3, -0.25) is 4.79 Å². The Hall–Kier alpha value is -1.34. The van der Waals surface area contributed by atoms with Crippen molar-refractivity contribution in [3.8, 4) is 0 Å². The van der Waals surface area contributed by atoms with Crippen molar-refractivity contribution in [2.45, 2.75) is 25.8 Å². The van der Waals surface area contributed by atoms with Crippen LogP contribution in [0.25, 0.3) is 0 Å². The molecule has 0 aromatic rings. The summed E-state index contributed by atoms with van der Waals surface area (Å²) < 4.78 is 5.25. The second-order valence-corrected chi connectivity index (χ2v) is 5.78. The third-order valence-electron chi connectivity index (χ3n) is 4.17. The lowest BCUT2D eigenvalue weighted by Gasteiger charge is -2.42. The van der Waals surface area contributed by atoms with Crippen LogP contribution in [0.2, 0.25) is 0 Å². The number of aliphatic hydroxyl groups is 1. The first-order valence-electron chi connectivity index (χ1n) is 6.95. The molecule has 114 valence electrons. The van der Waals surface area contributed by atoms with E-state index < -0.39 is 11.4 Å². The van der Waals surface area contributed by atoms with E-state index in [1.165, 1.54) is 0 Å². The third-order valence-corrected chi connectivity index (χ3v) is 4.17. The number of likely N-dealkylation sites (tertiary alicyclic amines) is 1. The van der Waals surface area contributed by atoms with Gasteiger partial charge in [0.05, 0.1) is 31.3 Å². The van der Waals surface area contributed by atoms with Crippen LogP contribution in [-0.2, 0) is 9.53 Å². The standard InChI is InChI=1S/C13H22N2O5/c1-13(11(17)18)3-2-4-14(9-13)12(19)15-5-6-20-8-10(15)7-16/h10,16H,2-9H2,1H3,(H,17,18). The Balaban J connectivity index is 2.06. The molecule has 2 saturated heterocycles. The minimum Gasteiger partial charge on any atom is -0.481 e. The van der Waals surface area contributed by atoms with E-state index in [1.54, 1.807) is 16.7 Å². The van der Waals surface area contributed by atoms with Gasteiger partial charge >= 0.3 is 12.0 Å². The molecule has 2 fully saturated rings. The van der Waals surface area contributed by atoms with E-state index in [-0.39, 0.29) is 25.2 Å². The summed E-state index contributed by atoms with van der Waals surface area (Å²) in [4.78, 5) is 27.0. The highest BCUT2D eigenvalue weighted by Gasteiger charge is 2.41. The van der Waals surface area contributed by atoms with Crippen molar-refractivity contribution in [2.24, 2.45) is 5.41 Å². The number of carbonyl (C=O) groups is 2. The maximum atomic E-state index is 12.5. The summed E-state index contributed by atoms with van der Waals surface area (Å²) in [7, 11) is 0. The number of carboxylic acid groups (broad SMARTS) is 1. The van der Waals surface area contributed by atoms with Crippen molar-refractivity contribution in [1.82, 2.24) is 9.80 Å². The Bertz CT molecular complexity index is 389. The van der Waals surface area contributed by atoms with Crippen LogP contribution in [0, 0.1) is 5.41 Å². The molecule has 0 spiro atoms. The van der Waals surface area contributed by atoms with E-state index in [2.05, 4.69) is 0 Å². The van der Waals surface area contributed by atoms with Crippen LogP contribution in [0.4, 0.5) is 4.79 Å². The second-order valence-electron chi connectivity index (χ2n) is 5.78. The smallest absolute Gasteiger partial charge is 0.320 e. The molecule has 2 atom stereocenters. The fourth-order valence-corrected chi connectivity index (χ4v) is 2.82. The number of hydrogen-bond donors (Lipinski definition) is 2. The van der Waals surface area contributed by atoms with Gasteiger partial charge in [-0.2, -0.15) is 0 Å². The zero-order valence-corrected chi connectivity index (χ0v) is 11.7. The summed E-state index contributed by atoms with van der Waals surface area (Å²) in [6.07, 6.45) is 1.27. The molecule has 2 amide bonds. The largest absolute Gasteiger partial charge is 0.481 e. The molecule has 0 aromatic heterocycles. The van der Waals surface area contributed by atoms with Gasteiger partial charge in [0.2, 0.25) is 0 Å². The number of morpholine rings is 1. The monoisotopic (exact) mass is 286 g/mol. The average Bonchev–Trinajstić information content (AvgIpc) is 2.46. The first-order valence-corrected chi connectivity index (χ1v) is 6.95. The summed E-state index contributed by atoms with van der Waals surface area (Å²) in [6.45, 7) is 3.53. The van der Waals surface area contributed by atoms with E-state index in [0.717, 1.165) is 0 Å². The number of rotatable bonds is 2. The number of carbonyl (C=O) groups excluding carboxylic acids is 1. The van der Waals surface area contributed by atoms with Crippen molar-refractivity contribution < 1.29 is 24.5 Å². The van der Waals surface area contributed by atoms with Gasteiger partial charge in [0, 0.05) is 19.6 Å². The first-order chi connectivity index (χ1) is 9.48. The van der Waals surface area contributed by atoms with Crippen molar-refractivity contribution >= 4 is 12.0 Å². The quantitative estimate of drug-likeness (QED) is 0.745. The molecule has 7 nitrogen and oxygen atoms in total.